The number of hydrogen-bond acceptors (Lipinski definition) is 5. The smallest absolute Gasteiger partial charge is 0.177 e. The first-order chi connectivity index (χ1) is 11.6. The maximum absolute atomic E-state index is 12.8. The molecule has 0 spiro atoms. The van der Waals surface area contributed by atoms with Crippen molar-refractivity contribution in [2.45, 2.75) is 26.3 Å². The number of benzene rings is 1. The number of aryl methyl sites for hydroxylation is 1. The van der Waals surface area contributed by atoms with Gasteiger partial charge in [0.25, 0.3) is 0 Å². The first-order valence-electron chi connectivity index (χ1n) is 8.25. The van der Waals surface area contributed by atoms with Crippen molar-refractivity contribution in [3.8, 4) is 11.5 Å². The van der Waals surface area contributed by atoms with Gasteiger partial charge in [0, 0.05) is 24.6 Å². The molecule has 1 aromatic carbocycles. The van der Waals surface area contributed by atoms with Gasteiger partial charge in [0.15, 0.2) is 5.78 Å². The lowest BCUT2D eigenvalue weighted by molar-refractivity contribution is 0.0814. The van der Waals surface area contributed by atoms with Crippen molar-refractivity contribution in [1.82, 2.24) is 4.90 Å². The van der Waals surface area contributed by atoms with E-state index in [1.54, 1.807) is 19.2 Å². The molecule has 1 aliphatic rings. The molecule has 1 N–H and O–H groups in total. The molecule has 1 saturated heterocycles. The third kappa shape index (κ3) is 3.62. The van der Waals surface area contributed by atoms with Crippen molar-refractivity contribution >= 4 is 17.1 Å². The number of piperidine rings is 1. The molecule has 1 atom stereocenters. The number of phenolic OH excluding ortho intramolecular Hbond substituents is 1. The van der Waals surface area contributed by atoms with Crippen LogP contribution < -0.4 is 4.74 Å². The van der Waals surface area contributed by atoms with E-state index in [9.17, 15) is 9.90 Å². The highest BCUT2D eigenvalue weighted by molar-refractivity contribution is 7.12. The molecule has 0 radical (unpaired) electrons. The van der Waals surface area contributed by atoms with Crippen molar-refractivity contribution in [1.29, 1.82) is 0 Å². The number of ketones is 1. The largest absolute Gasteiger partial charge is 0.508 e. The van der Waals surface area contributed by atoms with Crippen molar-refractivity contribution in [3.63, 3.8) is 0 Å². The molecule has 2 aromatic rings. The van der Waals surface area contributed by atoms with Crippen LogP contribution in [-0.4, -0.2) is 36.0 Å². The van der Waals surface area contributed by atoms with Crippen LogP contribution in [0.25, 0.3) is 0 Å². The molecule has 1 aromatic heterocycles. The molecule has 1 aliphatic heterocycles. The summed E-state index contributed by atoms with van der Waals surface area (Å²) in [4.78, 5) is 15.9. The zero-order valence-electron chi connectivity index (χ0n) is 14.1. The zero-order chi connectivity index (χ0) is 17.1. The van der Waals surface area contributed by atoms with Crippen molar-refractivity contribution in [2.75, 3.05) is 20.2 Å². The molecule has 1 fully saturated rings. The summed E-state index contributed by atoms with van der Waals surface area (Å²) >= 11 is 1.54. The fraction of sp³-hybridized carbons (Fsp3) is 0.421. The number of hydrogen-bond donors (Lipinski definition) is 1. The number of phenols is 1. The predicted octanol–water partition coefficient (Wildman–Crippen LogP) is 3.87. The van der Waals surface area contributed by atoms with E-state index in [4.69, 9.17) is 4.74 Å². The SMILES string of the molecule is COc1ccc(O)c(CN2CCC[C@@H](C(=O)c3sccc3C)C2)c1. The summed E-state index contributed by atoms with van der Waals surface area (Å²) in [5.41, 5.74) is 1.92. The summed E-state index contributed by atoms with van der Waals surface area (Å²) in [7, 11) is 1.62. The van der Waals surface area contributed by atoms with Crippen LogP contribution in [0.1, 0.15) is 33.6 Å². The zero-order valence-corrected chi connectivity index (χ0v) is 14.9. The van der Waals surface area contributed by atoms with Gasteiger partial charge in [-0.1, -0.05) is 0 Å². The summed E-state index contributed by atoms with van der Waals surface area (Å²) in [6.45, 7) is 4.32. The highest BCUT2D eigenvalue weighted by Crippen LogP contribution is 2.29. The third-order valence-electron chi connectivity index (χ3n) is 4.64. The summed E-state index contributed by atoms with van der Waals surface area (Å²) in [5, 5.41) is 12.1. The van der Waals surface area contributed by atoms with Gasteiger partial charge >= 0.3 is 0 Å². The van der Waals surface area contributed by atoms with E-state index in [1.165, 1.54) is 11.3 Å². The molecule has 0 aliphatic carbocycles. The van der Waals surface area contributed by atoms with Gasteiger partial charge in [-0.2, -0.15) is 0 Å². The Balaban J connectivity index is 1.70. The lowest BCUT2D eigenvalue weighted by Gasteiger charge is -2.32. The first kappa shape index (κ1) is 17.0. The van der Waals surface area contributed by atoms with E-state index in [-0.39, 0.29) is 17.5 Å². The van der Waals surface area contributed by atoms with Gasteiger partial charge in [-0.3, -0.25) is 9.69 Å². The fourth-order valence-corrected chi connectivity index (χ4v) is 4.23. The number of carbonyl (C=O) groups excluding carboxylic acids is 1. The molecule has 0 bridgehead atoms. The standard InChI is InChI=1S/C19H23NO3S/c1-13-7-9-24-19(13)18(22)14-4-3-8-20(11-14)12-15-10-16(23-2)5-6-17(15)21/h5-7,9-10,14,21H,3-4,8,11-12H2,1-2H3/t14-/m1/s1. The quantitative estimate of drug-likeness (QED) is 0.836. The fourth-order valence-electron chi connectivity index (χ4n) is 3.28. The van der Waals surface area contributed by atoms with Gasteiger partial charge in [-0.05, 0) is 61.5 Å². The Hall–Kier alpha value is -1.85. The minimum atomic E-state index is 0.0452. The van der Waals surface area contributed by atoms with Crippen LogP contribution in [0.2, 0.25) is 0 Å². The van der Waals surface area contributed by atoms with Gasteiger partial charge in [0.05, 0.1) is 12.0 Å². The second-order valence-corrected chi connectivity index (χ2v) is 7.28. The van der Waals surface area contributed by atoms with Gasteiger partial charge < -0.3 is 9.84 Å². The average molecular weight is 345 g/mol. The van der Waals surface area contributed by atoms with E-state index in [1.807, 2.05) is 24.4 Å². The van der Waals surface area contributed by atoms with E-state index < -0.39 is 0 Å². The number of rotatable bonds is 5. The van der Waals surface area contributed by atoms with Gasteiger partial charge in [0.2, 0.25) is 0 Å². The maximum Gasteiger partial charge on any atom is 0.177 e. The lowest BCUT2D eigenvalue weighted by Crippen LogP contribution is -2.38. The molecule has 2 heterocycles. The van der Waals surface area contributed by atoms with Gasteiger partial charge in [0.1, 0.15) is 11.5 Å². The Bertz CT molecular complexity index is 725. The molecule has 0 saturated carbocycles. The van der Waals surface area contributed by atoms with Gasteiger partial charge in [-0.15, -0.1) is 11.3 Å². The monoisotopic (exact) mass is 345 g/mol. The summed E-state index contributed by atoms with van der Waals surface area (Å²) in [6, 6.07) is 7.29. The second kappa shape index (κ2) is 7.36. The van der Waals surface area contributed by atoms with Crippen LogP contribution in [-0.2, 0) is 6.54 Å². The minimum absolute atomic E-state index is 0.0452. The number of ether oxygens (including phenoxy) is 1. The maximum atomic E-state index is 12.8. The molecule has 4 nitrogen and oxygen atoms in total. The van der Waals surface area contributed by atoms with Crippen LogP contribution >= 0.6 is 11.3 Å². The van der Waals surface area contributed by atoms with Gasteiger partial charge in [-0.25, -0.2) is 0 Å². The Kier molecular flexibility index (Phi) is 5.21. The average Bonchev–Trinajstić information content (AvgIpc) is 3.02. The number of likely N-dealkylation sites (tertiary alicyclic amines) is 1. The summed E-state index contributed by atoms with van der Waals surface area (Å²) < 4.78 is 5.24. The Morgan fingerprint density at radius 1 is 1.42 bits per heavy atom. The van der Waals surface area contributed by atoms with Crippen LogP contribution in [0.15, 0.2) is 29.6 Å². The van der Waals surface area contributed by atoms with Crippen molar-refractivity contribution in [2.24, 2.45) is 5.92 Å². The Morgan fingerprint density at radius 3 is 2.96 bits per heavy atom. The molecule has 0 amide bonds. The van der Waals surface area contributed by atoms with E-state index >= 15 is 0 Å². The molecule has 0 unspecified atom stereocenters. The number of Topliss-reactive ketones (excluding diaryl/α,β-unsaturated/α-hetero) is 1. The topological polar surface area (TPSA) is 49.8 Å². The van der Waals surface area contributed by atoms with Crippen LogP contribution in [0.3, 0.4) is 0 Å². The van der Waals surface area contributed by atoms with Crippen molar-refractivity contribution in [3.05, 3.63) is 45.6 Å². The highest BCUT2D eigenvalue weighted by atomic mass is 32.1. The Labute approximate surface area is 146 Å². The van der Waals surface area contributed by atoms with Crippen LogP contribution in [0, 0.1) is 12.8 Å². The molecular weight excluding hydrogens is 322 g/mol. The second-order valence-electron chi connectivity index (χ2n) is 6.37. The summed E-state index contributed by atoms with van der Waals surface area (Å²) in [5.74, 6) is 1.32. The predicted molar refractivity (Wildman–Crippen MR) is 96.0 cm³/mol. The normalized spacial score (nSPS) is 18.5. The number of methoxy groups -OCH3 is 1. The molecule has 128 valence electrons. The van der Waals surface area contributed by atoms with Crippen LogP contribution in [0.5, 0.6) is 11.5 Å². The minimum Gasteiger partial charge on any atom is -0.508 e. The van der Waals surface area contributed by atoms with E-state index in [2.05, 4.69) is 4.90 Å². The van der Waals surface area contributed by atoms with Crippen LogP contribution in [0.4, 0.5) is 0 Å². The third-order valence-corrected chi connectivity index (χ3v) is 5.67. The lowest BCUT2D eigenvalue weighted by atomic mass is 9.92. The Morgan fingerprint density at radius 2 is 2.25 bits per heavy atom. The number of thiophene rings is 1. The highest BCUT2D eigenvalue weighted by Gasteiger charge is 2.28. The number of nitrogens with zero attached hydrogens (tertiary/aromatic N) is 1. The molecule has 5 heteroatoms. The number of carbonyl (C=O) groups is 1. The molecule has 3 rings (SSSR count). The number of aromatic hydroxyl groups is 1. The van der Waals surface area contributed by atoms with Crippen molar-refractivity contribution < 1.29 is 14.6 Å². The molecular formula is C19H23NO3S. The summed E-state index contributed by atoms with van der Waals surface area (Å²) in [6.07, 6.45) is 1.95. The van der Waals surface area contributed by atoms with E-state index in [0.29, 0.717) is 6.54 Å². The molecule has 24 heavy (non-hydrogen) atoms. The van der Waals surface area contributed by atoms with E-state index in [0.717, 1.165) is 47.7 Å². The first-order valence-corrected chi connectivity index (χ1v) is 9.13.